The topological polar surface area (TPSA) is 29.1 Å². The molecular weight excluding hydrogens is 380 g/mol. The first-order chi connectivity index (χ1) is 13.0. The van der Waals surface area contributed by atoms with Gasteiger partial charge in [0.15, 0.2) is 0 Å². The Balaban J connectivity index is 0. The van der Waals surface area contributed by atoms with Crippen molar-refractivity contribution in [3.8, 4) is 0 Å². The van der Waals surface area contributed by atoms with E-state index >= 15 is 0 Å². The zero-order valence-corrected chi connectivity index (χ0v) is 21.8. The number of likely N-dealkylation sites (N-methyl/N-ethyl adjacent to an activating group) is 1. The van der Waals surface area contributed by atoms with Crippen molar-refractivity contribution in [1.82, 2.24) is 5.32 Å². The lowest BCUT2D eigenvalue weighted by Gasteiger charge is -2.24. The van der Waals surface area contributed by atoms with Crippen molar-refractivity contribution in [2.75, 3.05) is 34.2 Å². The molecule has 0 aromatic heterocycles. The van der Waals surface area contributed by atoms with Crippen molar-refractivity contribution in [1.29, 1.82) is 0 Å². The summed E-state index contributed by atoms with van der Waals surface area (Å²) in [5, 5.41) is 3.07. The fourth-order valence-electron chi connectivity index (χ4n) is 3.81. The minimum Gasteiger partial charge on any atom is -1.00 e. The molecule has 0 bridgehead atoms. The van der Waals surface area contributed by atoms with Gasteiger partial charge in [0.2, 0.25) is 5.91 Å². The minimum atomic E-state index is 0. The van der Waals surface area contributed by atoms with Crippen LogP contribution >= 0.6 is 0 Å². The Morgan fingerprint density at radius 2 is 1.14 bits per heavy atom. The summed E-state index contributed by atoms with van der Waals surface area (Å²) in [6.45, 7) is 13.5. The molecular formula is C25H53ClN2O. The van der Waals surface area contributed by atoms with Gasteiger partial charge in [-0.1, -0.05) is 92.4 Å². The number of halogens is 1. The highest BCUT2D eigenvalue weighted by Gasteiger charge is 2.12. The second-order valence-corrected chi connectivity index (χ2v) is 11.1. The van der Waals surface area contributed by atoms with Crippen LogP contribution in [0.4, 0.5) is 0 Å². The summed E-state index contributed by atoms with van der Waals surface area (Å²) in [4.78, 5) is 12.0. The summed E-state index contributed by atoms with van der Waals surface area (Å²) in [5.74, 6) is 3.29. The molecule has 0 saturated carbocycles. The van der Waals surface area contributed by atoms with Gasteiger partial charge in [0.05, 0.1) is 34.2 Å². The average molecular weight is 433 g/mol. The fourth-order valence-corrected chi connectivity index (χ4v) is 3.81. The third-order valence-corrected chi connectivity index (χ3v) is 5.90. The number of hydrogen-bond acceptors (Lipinski definition) is 1. The van der Waals surface area contributed by atoms with Crippen molar-refractivity contribution in [2.24, 2.45) is 23.7 Å². The summed E-state index contributed by atoms with van der Waals surface area (Å²) in [6.07, 6.45) is 12.8. The molecule has 0 fully saturated rings. The molecule has 29 heavy (non-hydrogen) atoms. The van der Waals surface area contributed by atoms with E-state index in [1.54, 1.807) is 0 Å². The normalized spacial score (nSPS) is 14.9. The number of carbonyl (C=O) groups excluding carboxylic acids is 1. The molecule has 176 valence electrons. The van der Waals surface area contributed by atoms with Crippen LogP contribution in [0.25, 0.3) is 0 Å². The Morgan fingerprint density at radius 1 is 0.724 bits per heavy atom. The Hall–Kier alpha value is -0.280. The molecule has 0 aromatic carbocycles. The van der Waals surface area contributed by atoms with Gasteiger partial charge < -0.3 is 22.2 Å². The summed E-state index contributed by atoms with van der Waals surface area (Å²) in [5.41, 5.74) is 0. The van der Waals surface area contributed by atoms with Crippen molar-refractivity contribution >= 4 is 5.91 Å². The molecule has 3 nitrogen and oxygen atoms in total. The summed E-state index contributed by atoms with van der Waals surface area (Å²) in [7, 11) is 6.47. The maximum absolute atomic E-state index is 12.0. The van der Waals surface area contributed by atoms with Crippen LogP contribution in [0.5, 0.6) is 0 Å². The second kappa shape index (κ2) is 17.4. The third-order valence-electron chi connectivity index (χ3n) is 5.90. The first kappa shape index (κ1) is 30.9. The smallest absolute Gasteiger partial charge is 0.220 e. The summed E-state index contributed by atoms with van der Waals surface area (Å²) < 4.78 is 0.893. The Kier molecular flexibility index (Phi) is 18.6. The number of amides is 1. The molecule has 0 aliphatic heterocycles. The van der Waals surface area contributed by atoms with E-state index in [1.807, 2.05) is 0 Å². The standard InChI is InChI=1S/C25H52N2O.ClH/c1-21(2)12-9-13-22(3)14-10-15-23(4)16-11-17-24(5)20-25(28)26-18-19-27(6,7)8;/h21-24H,9-20H2,1-8H3;1H. The van der Waals surface area contributed by atoms with Crippen molar-refractivity contribution < 1.29 is 21.7 Å². The first-order valence-electron chi connectivity index (χ1n) is 12.1. The molecule has 0 spiro atoms. The number of nitrogens with one attached hydrogen (secondary N) is 1. The van der Waals surface area contributed by atoms with E-state index in [-0.39, 0.29) is 18.3 Å². The predicted octanol–water partition coefficient (Wildman–Crippen LogP) is 3.28. The number of rotatable bonds is 17. The minimum absolute atomic E-state index is 0. The highest BCUT2D eigenvalue weighted by atomic mass is 35.5. The van der Waals surface area contributed by atoms with Gasteiger partial charge in [0.25, 0.3) is 0 Å². The van der Waals surface area contributed by atoms with Crippen LogP contribution in [-0.4, -0.2) is 44.6 Å². The quantitative estimate of drug-likeness (QED) is 0.351. The van der Waals surface area contributed by atoms with E-state index in [2.05, 4.69) is 61.1 Å². The molecule has 0 radical (unpaired) electrons. The second-order valence-electron chi connectivity index (χ2n) is 11.1. The van der Waals surface area contributed by atoms with Crippen LogP contribution in [0.2, 0.25) is 0 Å². The molecule has 0 heterocycles. The molecule has 0 aromatic rings. The molecule has 3 unspecified atom stereocenters. The lowest BCUT2D eigenvalue weighted by atomic mass is 9.90. The number of hydrogen-bond donors (Lipinski definition) is 1. The van der Waals surface area contributed by atoms with Gasteiger partial charge in [-0.2, -0.15) is 0 Å². The summed E-state index contributed by atoms with van der Waals surface area (Å²) >= 11 is 0. The Bertz CT molecular complexity index is 393. The average Bonchev–Trinajstić information content (AvgIpc) is 2.53. The van der Waals surface area contributed by atoms with Gasteiger partial charge >= 0.3 is 0 Å². The van der Waals surface area contributed by atoms with Gasteiger partial charge in [0.1, 0.15) is 0 Å². The molecule has 1 amide bonds. The van der Waals surface area contributed by atoms with Crippen LogP contribution in [-0.2, 0) is 4.79 Å². The van der Waals surface area contributed by atoms with Crippen molar-refractivity contribution in [3.05, 3.63) is 0 Å². The third kappa shape index (κ3) is 22.2. The van der Waals surface area contributed by atoms with Gasteiger partial charge in [-0.15, -0.1) is 0 Å². The Labute approximate surface area is 189 Å². The van der Waals surface area contributed by atoms with Crippen LogP contribution in [0.15, 0.2) is 0 Å². The highest BCUT2D eigenvalue weighted by molar-refractivity contribution is 5.76. The van der Waals surface area contributed by atoms with Crippen molar-refractivity contribution in [2.45, 2.75) is 98.8 Å². The van der Waals surface area contributed by atoms with E-state index in [0.29, 0.717) is 12.3 Å². The Morgan fingerprint density at radius 3 is 1.55 bits per heavy atom. The number of nitrogens with zero attached hydrogens (tertiary/aromatic N) is 1. The lowest BCUT2D eigenvalue weighted by molar-refractivity contribution is -0.869. The van der Waals surface area contributed by atoms with Crippen molar-refractivity contribution in [3.63, 3.8) is 0 Å². The number of carbonyl (C=O) groups is 1. The van der Waals surface area contributed by atoms with E-state index in [4.69, 9.17) is 0 Å². The number of quaternary nitrogens is 1. The monoisotopic (exact) mass is 432 g/mol. The molecule has 3 atom stereocenters. The SMILES string of the molecule is CC(C)CCCC(C)CCCC(C)CCCC(C)CC(=O)NCC[N+](C)(C)C.[Cl-]. The van der Waals surface area contributed by atoms with Gasteiger partial charge in [0, 0.05) is 6.42 Å². The molecule has 0 aliphatic carbocycles. The summed E-state index contributed by atoms with van der Waals surface area (Å²) in [6, 6.07) is 0. The molecule has 1 N–H and O–H groups in total. The molecule has 0 saturated heterocycles. The van der Waals surface area contributed by atoms with E-state index < -0.39 is 0 Å². The molecule has 0 rings (SSSR count). The molecule has 0 aliphatic rings. The highest BCUT2D eigenvalue weighted by Crippen LogP contribution is 2.22. The zero-order valence-electron chi connectivity index (χ0n) is 21.0. The van der Waals surface area contributed by atoms with Crippen LogP contribution in [0, 0.1) is 23.7 Å². The van der Waals surface area contributed by atoms with Gasteiger partial charge in [-0.25, -0.2) is 0 Å². The first-order valence-corrected chi connectivity index (χ1v) is 12.1. The van der Waals surface area contributed by atoms with E-state index in [9.17, 15) is 4.79 Å². The van der Waals surface area contributed by atoms with Crippen LogP contribution in [0.1, 0.15) is 98.8 Å². The van der Waals surface area contributed by atoms with Crippen LogP contribution < -0.4 is 17.7 Å². The van der Waals surface area contributed by atoms with Gasteiger partial charge in [-0.05, 0) is 23.7 Å². The van der Waals surface area contributed by atoms with E-state index in [0.717, 1.165) is 35.3 Å². The molecule has 4 heteroatoms. The fraction of sp³-hybridized carbons (Fsp3) is 0.960. The maximum Gasteiger partial charge on any atom is 0.220 e. The zero-order chi connectivity index (χ0) is 21.6. The van der Waals surface area contributed by atoms with Crippen LogP contribution in [0.3, 0.4) is 0 Å². The maximum atomic E-state index is 12.0. The largest absolute Gasteiger partial charge is 1.00 e. The van der Waals surface area contributed by atoms with E-state index in [1.165, 1.54) is 57.8 Å². The predicted molar refractivity (Wildman–Crippen MR) is 124 cm³/mol. The van der Waals surface area contributed by atoms with Gasteiger partial charge in [-0.3, -0.25) is 4.79 Å². The lowest BCUT2D eigenvalue weighted by Crippen LogP contribution is -3.00.